The summed E-state index contributed by atoms with van der Waals surface area (Å²) in [6, 6.07) is 62.6. The maximum absolute atomic E-state index is 2.75. The van der Waals surface area contributed by atoms with Crippen LogP contribution >= 0.6 is 0 Å². The summed E-state index contributed by atoms with van der Waals surface area (Å²) in [7, 11) is -2.75. The van der Waals surface area contributed by atoms with Gasteiger partial charge in [0.25, 0.3) is 0 Å². The van der Waals surface area contributed by atoms with Crippen LogP contribution in [-0.4, -0.2) is 8.07 Å². The topological polar surface area (TPSA) is 0 Å². The molecule has 0 saturated carbocycles. The first-order valence-electron chi connectivity index (χ1n) is 13.5. The van der Waals surface area contributed by atoms with E-state index < -0.39 is 8.07 Å². The van der Waals surface area contributed by atoms with Crippen LogP contribution in [0.15, 0.2) is 170 Å². The molecule has 0 nitrogen and oxygen atoms in total. The summed E-state index contributed by atoms with van der Waals surface area (Å²) in [5.74, 6) is 0. The minimum Gasteiger partial charge on any atom is -0.0623 e. The predicted molar refractivity (Wildman–Crippen MR) is 171 cm³/mol. The monoisotopic (exact) mass is 512 g/mol. The van der Waals surface area contributed by atoms with Gasteiger partial charge in [-0.1, -0.05) is 170 Å². The van der Waals surface area contributed by atoms with Gasteiger partial charge in [0.05, 0.1) is 0 Å². The van der Waals surface area contributed by atoms with Crippen molar-refractivity contribution in [1.29, 1.82) is 0 Å². The van der Waals surface area contributed by atoms with Crippen molar-refractivity contribution in [3.8, 4) is 11.1 Å². The highest BCUT2D eigenvalue weighted by atomic mass is 28.3. The average Bonchev–Trinajstić information content (AvgIpc) is 3.03. The Hall–Kier alpha value is -4.72. The summed E-state index contributed by atoms with van der Waals surface area (Å²) in [5.41, 5.74) is 2.56. The van der Waals surface area contributed by atoms with Crippen LogP contribution in [0.2, 0.25) is 0 Å². The third-order valence-corrected chi connectivity index (χ3v) is 12.9. The van der Waals surface area contributed by atoms with E-state index in [9.17, 15) is 0 Å². The number of fused-ring (bicyclic) bond motifs is 2. The van der Waals surface area contributed by atoms with Crippen LogP contribution in [0.3, 0.4) is 0 Å². The van der Waals surface area contributed by atoms with Gasteiger partial charge < -0.3 is 0 Å². The van der Waals surface area contributed by atoms with Crippen LogP contribution in [0, 0.1) is 0 Å². The molecule has 184 valence electrons. The summed E-state index contributed by atoms with van der Waals surface area (Å²) in [6.07, 6.45) is 0. The van der Waals surface area contributed by atoms with Crippen molar-refractivity contribution < 1.29 is 0 Å². The maximum Gasteiger partial charge on any atom is 0.180 e. The number of hydrogen-bond acceptors (Lipinski definition) is 0. The molecule has 7 aromatic carbocycles. The molecule has 0 aliphatic heterocycles. The zero-order chi connectivity index (χ0) is 26.1. The lowest BCUT2D eigenvalue weighted by molar-refractivity contribution is 1.66. The highest BCUT2D eigenvalue weighted by molar-refractivity contribution is 7.21. The Kier molecular flexibility index (Phi) is 5.92. The molecule has 0 radical (unpaired) electrons. The van der Waals surface area contributed by atoms with E-state index in [2.05, 4.69) is 170 Å². The van der Waals surface area contributed by atoms with E-state index >= 15 is 0 Å². The fraction of sp³-hybridized carbons (Fsp3) is 0. The molecule has 0 aliphatic carbocycles. The lowest BCUT2D eigenvalue weighted by Crippen LogP contribution is -2.75. The first-order chi connectivity index (χ1) is 19.4. The summed E-state index contributed by atoms with van der Waals surface area (Å²) in [4.78, 5) is 0. The number of benzene rings is 7. The maximum atomic E-state index is 2.35. The van der Waals surface area contributed by atoms with Gasteiger partial charge in [-0.05, 0) is 53.4 Å². The molecule has 0 bridgehead atoms. The first kappa shape index (κ1) is 23.4. The molecule has 0 spiro atoms. The number of hydrogen-bond donors (Lipinski definition) is 0. The first-order valence-corrected chi connectivity index (χ1v) is 15.5. The van der Waals surface area contributed by atoms with Crippen LogP contribution in [-0.2, 0) is 0 Å². The van der Waals surface area contributed by atoms with Crippen LogP contribution in [0.5, 0.6) is 0 Å². The van der Waals surface area contributed by atoms with Crippen LogP contribution in [0.1, 0.15) is 0 Å². The molecule has 7 aromatic rings. The van der Waals surface area contributed by atoms with Crippen molar-refractivity contribution in [3.63, 3.8) is 0 Å². The lowest BCUT2D eigenvalue weighted by Gasteiger charge is -2.37. The predicted octanol–water partition coefficient (Wildman–Crippen LogP) is 7.04. The van der Waals surface area contributed by atoms with E-state index in [0.717, 1.165) is 0 Å². The van der Waals surface area contributed by atoms with Crippen molar-refractivity contribution in [2.24, 2.45) is 0 Å². The fourth-order valence-electron chi connectivity index (χ4n) is 6.45. The van der Waals surface area contributed by atoms with E-state index in [-0.39, 0.29) is 0 Å². The minimum atomic E-state index is -2.75. The standard InChI is InChI=1S/C38H28Si/c1-5-17-29(18-6-1)37-33-25-13-15-27-35(33)38(36-28-16-14-26-34(36)37)39(30-19-7-2-8-20-30,31-21-9-3-10-22-31)32-23-11-4-12-24-32/h1-28H. The van der Waals surface area contributed by atoms with Crippen LogP contribution in [0.4, 0.5) is 0 Å². The second-order valence-corrected chi connectivity index (χ2v) is 13.8. The smallest absolute Gasteiger partial charge is 0.0623 e. The largest absolute Gasteiger partial charge is 0.180 e. The van der Waals surface area contributed by atoms with Gasteiger partial charge in [0.1, 0.15) is 0 Å². The Labute approximate surface area is 230 Å². The molecule has 0 N–H and O–H groups in total. The summed E-state index contributed by atoms with van der Waals surface area (Å²) in [6.45, 7) is 0. The van der Waals surface area contributed by atoms with Crippen molar-refractivity contribution in [3.05, 3.63) is 170 Å². The summed E-state index contributed by atoms with van der Waals surface area (Å²) >= 11 is 0. The number of rotatable bonds is 5. The molecule has 0 aliphatic rings. The SMILES string of the molecule is c1ccc(-c2c3ccccc3c([Si](c3ccccc3)(c3ccccc3)c3ccccc3)c3ccccc23)cc1. The van der Waals surface area contributed by atoms with Gasteiger partial charge in [0.15, 0.2) is 8.07 Å². The molecule has 0 amide bonds. The summed E-state index contributed by atoms with van der Waals surface area (Å²) in [5, 5.41) is 10.9. The van der Waals surface area contributed by atoms with E-state index in [0.29, 0.717) is 0 Å². The van der Waals surface area contributed by atoms with Crippen LogP contribution < -0.4 is 20.7 Å². The Morgan fingerprint density at radius 2 is 0.590 bits per heavy atom. The lowest BCUT2D eigenvalue weighted by atomic mass is 9.92. The molecule has 39 heavy (non-hydrogen) atoms. The minimum absolute atomic E-state index is 1.25. The van der Waals surface area contributed by atoms with Crippen molar-refractivity contribution in [1.82, 2.24) is 0 Å². The molecule has 0 unspecified atom stereocenters. The second-order valence-electron chi connectivity index (χ2n) is 10.1. The van der Waals surface area contributed by atoms with Crippen molar-refractivity contribution in [2.75, 3.05) is 0 Å². The molecule has 1 heteroatoms. The van der Waals surface area contributed by atoms with Gasteiger partial charge in [-0.15, -0.1) is 0 Å². The molecule has 0 atom stereocenters. The molecule has 0 aromatic heterocycles. The normalized spacial score (nSPS) is 11.6. The Bertz CT molecular complexity index is 1720. The average molecular weight is 513 g/mol. The molecular formula is C38H28Si. The van der Waals surface area contributed by atoms with Crippen molar-refractivity contribution >= 4 is 50.4 Å². The highest BCUT2D eigenvalue weighted by Gasteiger charge is 2.43. The van der Waals surface area contributed by atoms with Gasteiger partial charge in [0, 0.05) is 0 Å². The van der Waals surface area contributed by atoms with E-state index in [1.807, 2.05) is 0 Å². The van der Waals surface area contributed by atoms with E-state index in [1.54, 1.807) is 0 Å². The van der Waals surface area contributed by atoms with E-state index in [4.69, 9.17) is 0 Å². The molecule has 7 rings (SSSR count). The second kappa shape index (κ2) is 9.87. The third kappa shape index (κ3) is 3.74. The highest BCUT2D eigenvalue weighted by Crippen LogP contribution is 2.36. The summed E-state index contributed by atoms with van der Waals surface area (Å²) < 4.78 is 0. The molecular weight excluding hydrogens is 485 g/mol. The van der Waals surface area contributed by atoms with Crippen LogP contribution in [0.25, 0.3) is 32.7 Å². The molecule has 0 saturated heterocycles. The third-order valence-electron chi connectivity index (χ3n) is 7.99. The fourth-order valence-corrected chi connectivity index (χ4v) is 11.6. The quantitative estimate of drug-likeness (QED) is 0.132. The van der Waals surface area contributed by atoms with E-state index in [1.165, 1.54) is 53.4 Å². The van der Waals surface area contributed by atoms with Gasteiger partial charge >= 0.3 is 0 Å². The van der Waals surface area contributed by atoms with Gasteiger partial charge in [-0.3, -0.25) is 0 Å². The Morgan fingerprint density at radius 3 is 0.974 bits per heavy atom. The molecule has 0 fully saturated rings. The Morgan fingerprint density at radius 1 is 0.282 bits per heavy atom. The Balaban J connectivity index is 1.76. The van der Waals surface area contributed by atoms with Gasteiger partial charge in [0.2, 0.25) is 0 Å². The van der Waals surface area contributed by atoms with Crippen molar-refractivity contribution in [2.45, 2.75) is 0 Å². The van der Waals surface area contributed by atoms with Gasteiger partial charge in [-0.2, -0.15) is 0 Å². The van der Waals surface area contributed by atoms with Gasteiger partial charge in [-0.25, -0.2) is 0 Å². The molecule has 0 heterocycles. The zero-order valence-electron chi connectivity index (χ0n) is 21.7. The zero-order valence-corrected chi connectivity index (χ0v) is 22.7.